The van der Waals surface area contributed by atoms with Gasteiger partial charge >= 0.3 is 12.1 Å². The van der Waals surface area contributed by atoms with Crippen molar-refractivity contribution in [1.29, 1.82) is 5.26 Å². The highest BCUT2D eigenvalue weighted by molar-refractivity contribution is 5.71. The minimum Gasteiger partial charge on any atom is -0.481 e. The Morgan fingerprint density at radius 3 is 2.47 bits per heavy atom. The first-order valence-electron chi connectivity index (χ1n) is 4.62. The first kappa shape index (κ1) is 13.0. The number of alkyl halides is 3. The molecule has 3 nitrogen and oxygen atoms in total. The maximum Gasteiger partial charge on any atom is 0.393 e. The Kier molecular flexibility index (Phi) is 3.73. The molecule has 0 heterocycles. The molecule has 0 spiro atoms. The Hall–Kier alpha value is -2.03. The van der Waals surface area contributed by atoms with Gasteiger partial charge in [-0.3, -0.25) is 4.79 Å². The smallest absolute Gasteiger partial charge is 0.393 e. The maximum atomic E-state index is 12.2. The van der Waals surface area contributed by atoms with Gasteiger partial charge in [-0.2, -0.15) is 18.4 Å². The summed E-state index contributed by atoms with van der Waals surface area (Å²) in [5.41, 5.74) is 0.0555. The molecule has 0 aromatic heterocycles. The zero-order valence-electron chi connectivity index (χ0n) is 8.58. The summed E-state index contributed by atoms with van der Waals surface area (Å²) in [5.74, 6) is -1.23. The number of halogens is 3. The van der Waals surface area contributed by atoms with Crippen LogP contribution in [0.25, 0.3) is 0 Å². The van der Waals surface area contributed by atoms with Crippen molar-refractivity contribution in [3.05, 3.63) is 34.9 Å². The Morgan fingerprint density at radius 2 is 2.00 bits per heavy atom. The lowest BCUT2D eigenvalue weighted by molar-refractivity contribution is -0.136. The second-order valence-corrected chi connectivity index (χ2v) is 3.46. The van der Waals surface area contributed by atoms with Crippen LogP contribution >= 0.6 is 0 Å². The summed E-state index contributed by atoms with van der Waals surface area (Å²) >= 11 is 0. The lowest BCUT2D eigenvalue weighted by atomic mass is 9.99. The average molecular weight is 243 g/mol. The minimum atomic E-state index is -4.40. The zero-order chi connectivity index (χ0) is 13.1. The number of rotatable bonds is 3. The molecule has 0 fully saturated rings. The molecule has 6 heteroatoms. The van der Waals surface area contributed by atoms with Gasteiger partial charge in [-0.15, -0.1) is 0 Å². The third kappa shape index (κ3) is 4.15. The molecule has 1 aromatic carbocycles. The predicted molar refractivity (Wildman–Crippen MR) is 52.3 cm³/mol. The first-order chi connectivity index (χ1) is 7.81. The van der Waals surface area contributed by atoms with Crippen molar-refractivity contribution in [2.24, 2.45) is 0 Å². The van der Waals surface area contributed by atoms with Crippen LogP contribution in [0.3, 0.4) is 0 Å². The zero-order valence-corrected chi connectivity index (χ0v) is 8.58. The Labute approximate surface area is 95.1 Å². The van der Waals surface area contributed by atoms with E-state index in [9.17, 15) is 18.0 Å². The Morgan fingerprint density at radius 1 is 1.35 bits per heavy atom. The number of carboxylic acids is 1. The van der Waals surface area contributed by atoms with E-state index in [0.717, 1.165) is 6.07 Å². The molecule has 0 amide bonds. The van der Waals surface area contributed by atoms with Crippen LogP contribution in [0.4, 0.5) is 13.2 Å². The van der Waals surface area contributed by atoms with Gasteiger partial charge in [-0.25, -0.2) is 0 Å². The largest absolute Gasteiger partial charge is 0.481 e. The molecule has 0 aliphatic rings. The van der Waals surface area contributed by atoms with Crippen LogP contribution in [0.1, 0.15) is 16.7 Å². The number of carboxylic acid groups (broad SMARTS) is 1. The molecule has 1 N–H and O–H groups in total. The van der Waals surface area contributed by atoms with Crippen molar-refractivity contribution < 1.29 is 23.1 Å². The number of benzene rings is 1. The fourth-order valence-electron chi connectivity index (χ4n) is 1.41. The van der Waals surface area contributed by atoms with Crippen LogP contribution in [0.2, 0.25) is 0 Å². The molecule has 0 unspecified atom stereocenters. The number of hydrogen-bond donors (Lipinski definition) is 1. The molecule has 17 heavy (non-hydrogen) atoms. The molecule has 0 radical (unpaired) electrons. The number of nitriles is 1. The maximum absolute atomic E-state index is 12.2. The quantitative estimate of drug-likeness (QED) is 0.885. The highest BCUT2D eigenvalue weighted by atomic mass is 19.4. The molecular weight excluding hydrogens is 235 g/mol. The van der Waals surface area contributed by atoms with E-state index in [0.29, 0.717) is 0 Å². The van der Waals surface area contributed by atoms with Crippen molar-refractivity contribution in [3.8, 4) is 6.07 Å². The average Bonchev–Trinajstić information content (AvgIpc) is 2.17. The van der Waals surface area contributed by atoms with E-state index >= 15 is 0 Å². The topological polar surface area (TPSA) is 61.1 Å². The fraction of sp³-hybridized carbons (Fsp3) is 0.273. The van der Waals surface area contributed by atoms with Gasteiger partial charge in [0.05, 0.1) is 24.5 Å². The normalized spacial score (nSPS) is 10.9. The van der Waals surface area contributed by atoms with E-state index in [1.807, 2.05) is 0 Å². The van der Waals surface area contributed by atoms with Gasteiger partial charge in [-0.1, -0.05) is 6.07 Å². The van der Waals surface area contributed by atoms with Crippen LogP contribution in [0.5, 0.6) is 0 Å². The molecule has 0 saturated heterocycles. The highest BCUT2D eigenvalue weighted by Gasteiger charge is 2.29. The van der Waals surface area contributed by atoms with Crippen LogP contribution < -0.4 is 0 Å². The van der Waals surface area contributed by atoms with Crippen LogP contribution in [-0.4, -0.2) is 17.3 Å². The SMILES string of the molecule is N#Cc1ccc(CC(F)(F)F)c(CC(=O)O)c1. The van der Waals surface area contributed by atoms with E-state index in [1.54, 1.807) is 6.07 Å². The lowest BCUT2D eigenvalue weighted by Gasteiger charge is -2.10. The Bertz CT molecular complexity index is 475. The molecular formula is C11H8F3NO2. The molecule has 0 bridgehead atoms. The van der Waals surface area contributed by atoms with E-state index in [2.05, 4.69) is 0 Å². The number of carbonyl (C=O) groups is 1. The Balaban J connectivity index is 3.11. The summed E-state index contributed by atoms with van der Waals surface area (Å²) in [6.45, 7) is 0. The molecule has 0 aliphatic carbocycles. The standard InChI is InChI=1S/C11H8F3NO2/c12-11(13,14)5-8-2-1-7(6-15)3-9(8)4-10(16)17/h1-3H,4-5H2,(H,16,17). The number of nitrogens with zero attached hydrogens (tertiary/aromatic N) is 1. The monoisotopic (exact) mass is 243 g/mol. The van der Waals surface area contributed by atoms with Gasteiger partial charge in [0.1, 0.15) is 0 Å². The molecule has 0 saturated carbocycles. The lowest BCUT2D eigenvalue weighted by Crippen LogP contribution is -2.14. The fourth-order valence-corrected chi connectivity index (χ4v) is 1.41. The summed E-state index contributed by atoms with van der Waals surface area (Å²) in [7, 11) is 0. The van der Waals surface area contributed by atoms with E-state index < -0.39 is 25.0 Å². The third-order valence-electron chi connectivity index (χ3n) is 2.07. The van der Waals surface area contributed by atoms with Gasteiger partial charge in [0, 0.05) is 0 Å². The van der Waals surface area contributed by atoms with Crippen molar-refractivity contribution in [1.82, 2.24) is 0 Å². The second-order valence-electron chi connectivity index (χ2n) is 3.46. The van der Waals surface area contributed by atoms with Gasteiger partial charge in [0.15, 0.2) is 0 Å². The number of aliphatic carboxylic acids is 1. The summed E-state index contributed by atoms with van der Waals surface area (Å²) in [4.78, 5) is 10.5. The number of hydrogen-bond acceptors (Lipinski definition) is 2. The predicted octanol–water partition coefficient (Wildman–Crippen LogP) is 2.29. The molecule has 0 atom stereocenters. The van der Waals surface area contributed by atoms with Crippen LogP contribution in [0.15, 0.2) is 18.2 Å². The van der Waals surface area contributed by atoms with Gasteiger partial charge in [0.25, 0.3) is 0 Å². The minimum absolute atomic E-state index is 0.0221. The van der Waals surface area contributed by atoms with Gasteiger partial charge in [-0.05, 0) is 23.3 Å². The first-order valence-corrected chi connectivity index (χ1v) is 4.62. The van der Waals surface area contributed by atoms with Crippen LogP contribution in [-0.2, 0) is 17.6 Å². The summed E-state index contributed by atoms with van der Waals surface area (Å²) in [6, 6.07) is 5.32. The van der Waals surface area contributed by atoms with Gasteiger partial charge in [0.2, 0.25) is 0 Å². The summed E-state index contributed by atoms with van der Waals surface area (Å²) < 4.78 is 36.7. The van der Waals surface area contributed by atoms with E-state index in [-0.39, 0.29) is 16.7 Å². The highest BCUT2D eigenvalue weighted by Crippen LogP contribution is 2.24. The summed E-state index contributed by atoms with van der Waals surface area (Å²) in [5, 5.41) is 17.2. The third-order valence-corrected chi connectivity index (χ3v) is 2.07. The van der Waals surface area contributed by atoms with Gasteiger partial charge < -0.3 is 5.11 Å². The second kappa shape index (κ2) is 4.87. The van der Waals surface area contributed by atoms with E-state index in [1.165, 1.54) is 12.1 Å². The molecule has 1 aromatic rings. The van der Waals surface area contributed by atoms with Crippen molar-refractivity contribution in [2.45, 2.75) is 19.0 Å². The van der Waals surface area contributed by atoms with Crippen molar-refractivity contribution in [3.63, 3.8) is 0 Å². The van der Waals surface area contributed by atoms with Crippen LogP contribution in [0, 0.1) is 11.3 Å². The molecule has 0 aliphatic heterocycles. The van der Waals surface area contributed by atoms with E-state index in [4.69, 9.17) is 10.4 Å². The summed E-state index contributed by atoms with van der Waals surface area (Å²) in [6.07, 6.45) is -6.12. The van der Waals surface area contributed by atoms with Crippen molar-refractivity contribution in [2.75, 3.05) is 0 Å². The van der Waals surface area contributed by atoms with Crippen molar-refractivity contribution >= 4 is 5.97 Å². The molecule has 1 rings (SSSR count). The molecule has 90 valence electrons.